The molecule has 0 bridgehead atoms. The Morgan fingerprint density at radius 3 is 2.27 bits per heavy atom. The third kappa shape index (κ3) is 5.63. The van der Waals surface area contributed by atoms with Gasteiger partial charge in [-0.2, -0.15) is 0 Å². The van der Waals surface area contributed by atoms with E-state index in [1.807, 2.05) is 21.9 Å². The lowest BCUT2D eigenvalue weighted by molar-refractivity contribution is -0.141. The minimum atomic E-state index is 0.0299. The predicted octanol–water partition coefficient (Wildman–Crippen LogP) is 4.25. The van der Waals surface area contributed by atoms with Gasteiger partial charge < -0.3 is 14.5 Å². The van der Waals surface area contributed by atoms with E-state index < -0.39 is 0 Å². The molecule has 5 nitrogen and oxygen atoms in total. The Balaban J connectivity index is 1.51. The summed E-state index contributed by atoms with van der Waals surface area (Å²) in [5.74, 6) is 0.357. The van der Waals surface area contributed by atoms with Crippen molar-refractivity contribution in [1.82, 2.24) is 9.80 Å². The number of likely N-dealkylation sites (tertiary alicyclic amines) is 2. The highest BCUT2D eigenvalue weighted by Crippen LogP contribution is 2.25. The first kappa shape index (κ1) is 22.8. The summed E-state index contributed by atoms with van der Waals surface area (Å²) >= 11 is 0. The molecule has 2 fully saturated rings. The Kier molecular flexibility index (Phi) is 7.56. The van der Waals surface area contributed by atoms with Gasteiger partial charge in [-0.3, -0.25) is 9.59 Å². The van der Waals surface area contributed by atoms with E-state index >= 15 is 0 Å². The average Bonchev–Trinajstić information content (AvgIpc) is 2.76. The zero-order valence-corrected chi connectivity index (χ0v) is 19.2. The van der Waals surface area contributed by atoms with Crippen LogP contribution in [0.5, 0.6) is 0 Å². The minimum Gasteiger partial charge on any atom is -0.376 e. The van der Waals surface area contributed by atoms with Gasteiger partial charge in [0.1, 0.15) is 0 Å². The SMILES string of the molecule is CCCOC1CCCN(C(=O)C2CCN(C(=O)c3ccc(C(C)(C)C)cc3)CC2)C1. The van der Waals surface area contributed by atoms with E-state index in [1.54, 1.807) is 0 Å². The molecule has 0 radical (unpaired) electrons. The standard InChI is InChI=1S/C25H38N2O3/c1-5-17-30-22-7-6-14-27(18-22)24(29)20-12-15-26(16-13-20)23(28)19-8-10-21(11-9-19)25(2,3)4/h8-11,20,22H,5-7,12-18H2,1-4H3. The minimum absolute atomic E-state index is 0.0299. The molecule has 2 aliphatic rings. The normalized spacial score (nSPS) is 21.0. The van der Waals surface area contributed by atoms with E-state index in [0.717, 1.165) is 57.4 Å². The van der Waals surface area contributed by atoms with Crippen molar-refractivity contribution >= 4 is 11.8 Å². The maximum Gasteiger partial charge on any atom is 0.253 e. The van der Waals surface area contributed by atoms with Crippen molar-refractivity contribution in [2.45, 2.75) is 71.3 Å². The molecule has 0 N–H and O–H groups in total. The Hall–Kier alpha value is -1.88. The van der Waals surface area contributed by atoms with Gasteiger partial charge in [-0.05, 0) is 55.2 Å². The summed E-state index contributed by atoms with van der Waals surface area (Å²) in [7, 11) is 0. The van der Waals surface area contributed by atoms with Gasteiger partial charge in [0.05, 0.1) is 6.10 Å². The second-order valence-corrected chi connectivity index (χ2v) is 9.81. The van der Waals surface area contributed by atoms with Crippen molar-refractivity contribution in [3.8, 4) is 0 Å². The molecule has 2 saturated heterocycles. The average molecular weight is 415 g/mol. The number of carbonyl (C=O) groups excluding carboxylic acids is 2. The van der Waals surface area contributed by atoms with Crippen LogP contribution in [0.25, 0.3) is 0 Å². The van der Waals surface area contributed by atoms with Gasteiger partial charge in [0.25, 0.3) is 5.91 Å². The number of nitrogens with zero attached hydrogens (tertiary/aromatic N) is 2. The summed E-state index contributed by atoms with van der Waals surface area (Å²) in [5.41, 5.74) is 2.04. The van der Waals surface area contributed by atoms with Crippen molar-refractivity contribution < 1.29 is 14.3 Å². The summed E-state index contributed by atoms with van der Waals surface area (Å²) in [6.45, 7) is 12.3. The molecule has 1 aromatic rings. The van der Waals surface area contributed by atoms with Crippen molar-refractivity contribution in [3.63, 3.8) is 0 Å². The largest absolute Gasteiger partial charge is 0.376 e. The van der Waals surface area contributed by atoms with Gasteiger partial charge in [-0.1, -0.05) is 39.8 Å². The fourth-order valence-corrected chi connectivity index (χ4v) is 4.44. The summed E-state index contributed by atoms with van der Waals surface area (Å²) in [4.78, 5) is 29.8. The molecular formula is C25H38N2O3. The molecule has 2 heterocycles. The number of benzene rings is 1. The van der Waals surface area contributed by atoms with E-state index in [9.17, 15) is 9.59 Å². The molecule has 1 aromatic carbocycles. The maximum absolute atomic E-state index is 13.0. The van der Waals surface area contributed by atoms with Crippen LogP contribution in [0.4, 0.5) is 0 Å². The molecule has 2 aliphatic heterocycles. The van der Waals surface area contributed by atoms with Gasteiger partial charge in [-0.25, -0.2) is 0 Å². The number of piperidine rings is 2. The molecule has 2 amide bonds. The topological polar surface area (TPSA) is 49.9 Å². The van der Waals surface area contributed by atoms with Crippen LogP contribution in [0.3, 0.4) is 0 Å². The van der Waals surface area contributed by atoms with Crippen LogP contribution in [0.1, 0.15) is 75.7 Å². The van der Waals surface area contributed by atoms with Crippen LogP contribution in [-0.2, 0) is 14.9 Å². The van der Waals surface area contributed by atoms with Gasteiger partial charge >= 0.3 is 0 Å². The van der Waals surface area contributed by atoms with Gasteiger partial charge in [0, 0.05) is 44.3 Å². The smallest absolute Gasteiger partial charge is 0.253 e. The van der Waals surface area contributed by atoms with E-state index in [-0.39, 0.29) is 29.3 Å². The first-order valence-electron chi connectivity index (χ1n) is 11.6. The Morgan fingerprint density at radius 2 is 1.67 bits per heavy atom. The highest BCUT2D eigenvalue weighted by Gasteiger charge is 2.33. The Morgan fingerprint density at radius 1 is 1.00 bits per heavy atom. The maximum atomic E-state index is 13.0. The number of amides is 2. The van der Waals surface area contributed by atoms with Crippen LogP contribution in [0.2, 0.25) is 0 Å². The van der Waals surface area contributed by atoms with Gasteiger partial charge in [0.2, 0.25) is 5.91 Å². The summed E-state index contributed by atoms with van der Waals surface area (Å²) in [6, 6.07) is 7.97. The molecule has 1 unspecified atom stereocenters. The summed E-state index contributed by atoms with van der Waals surface area (Å²) in [5, 5.41) is 0. The zero-order chi connectivity index (χ0) is 21.7. The Bertz CT molecular complexity index is 715. The van der Waals surface area contributed by atoms with E-state index in [1.165, 1.54) is 5.56 Å². The third-order valence-electron chi connectivity index (χ3n) is 6.38. The van der Waals surface area contributed by atoms with Crippen LogP contribution in [0, 0.1) is 5.92 Å². The second-order valence-electron chi connectivity index (χ2n) is 9.81. The zero-order valence-electron chi connectivity index (χ0n) is 19.2. The van der Waals surface area contributed by atoms with Gasteiger partial charge in [-0.15, -0.1) is 0 Å². The molecule has 166 valence electrons. The van der Waals surface area contributed by atoms with E-state index in [4.69, 9.17) is 4.74 Å². The summed E-state index contributed by atoms with van der Waals surface area (Å²) < 4.78 is 5.88. The quantitative estimate of drug-likeness (QED) is 0.724. The van der Waals surface area contributed by atoms with Crippen molar-refractivity contribution in [3.05, 3.63) is 35.4 Å². The number of rotatable bonds is 5. The van der Waals surface area contributed by atoms with Crippen LogP contribution < -0.4 is 0 Å². The number of carbonyl (C=O) groups is 2. The molecule has 0 aromatic heterocycles. The highest BCUT2D eigenvalue weighted by atomic mass is 16.5. The van der Waals surface area contributed by atoms with E-state index in [0.29, 0.717) is 13.1 Å². The lowest BCUT2D eigenvalue weighted by Crippen LogP contribution is -2.48. The number of ether oxygens (including phenoxy) is 1. The predicted molar refractivity (Wildman–Crippen MR) is 120 cm³/mol. The van der Waals surface area contributed by atoms with Crippen LogP contribution >= 0.6 is 0 Å². The fraction of sp³-hybridized carbons (Fsp3) is 0.680. The number of hydrogen-bond donors (Lipinski definition) is 0. The molecule has 1 atom stereocenters. The molecule has 5 heteroatoms. The molecule has 0 spiro atoms. The molecule has 3 rings (SSSR count). The monoisotopic (exact) mass is 414 g/mol. The van der Waals surface area contributed by atoms with E-state index in [2.05, 4.69) is 39.8 Å². The highest BCUT2D eigenvalue weighted by molar-refractivity contribution is 5.94. The first-order valence-corrected chi connectivity index (χ1v) is 11.6. The van der Waals surface area contributed by atoms with Crippen molar-refractivity contribution in [1.29, 1.82) is 0 Å². The lowest BCUT2D eigenvalue weighted by atomic mass is 9.86. The van der Waals surface area contributed by atoms with Crippen molar-refractivity contribution in [2.75, 3.05) is 32.8 Å². The lowest BCUT2D eigenvalue weighted by Gasteiger charge is -2.37. The molecular weight excluding hydrogens is 376 g/mol. The Labute approximate surface area is 181 Å². The van der Waals surface area contributed by atoms with Crippen molar-refractivity contribution in [2.24, 2.45) is 5.92 Å². The molecule has 30 heavy (non-hydrogen) atoms. The van der Waals surface area contributed by atoms with Crippen LogP contribution in [0.15, 0.2) is 24.3 Å². The molecule has 0 saturated carbocycles. The summed E-state index contributed by atoms with van der Waals surface area (Å²) in [6.07, 6.45) is 4.76. The molecule has 0 aliphatic carbocycles. The van der Waals surface area contributed by atoms with Gasteiger partial charge in [0.15, 0.2) is 0 Å². The van der Waals surface area contributed by atoms with Crippen LogP contribution in [-0.4, -0.2) is 60.5 Å². The third-order valence-corrected chi connectivity index (χ3v) is 6.38. The second kappa shape index (κ2) is 9.95. The number of hydrogen-bond acceptors (Lipinski definition) is 3. The fourth-order valence-electron chi connectivity index (χ4n) is 4.44. The first-order chi connectivity index (χ1) is 14.3.